The number of hydrogen-bond acceptors (Lipinski definition) is 5. The van der Waals surface area contributed by atoms with Crippen molar-refractivity contribution in [2.24, 2.45) is 0 Å². The molecule has 0 saturated carbocycles. The lowest BCUT2D eigenvalue weighted by molar-refractivity contribution is -0.122. The van der Waals surface area contributed by atoms with Crippen LogP contribution < -0.4 is 14.4 Å². The number of ketones is 1. The molecule has 146 valence electrons. The summed E-state index contributed by atoms with van der Waals surface area (Å²) in [5, 5.41) is 0. The number of rotatable bonds is 6. The van der Waals surface area contributed by atoms with Crippen LogP contribution >= 0.6 is 0 Å². The average Bonchev–Trinajstić information content (AvgIpc) is 3.24. The van der Waals surface area contributed by atoms with Crippen LogP contribution in [0.25, 0.3) is 0 Å². The zero-order valence-electron chi connectivity index (χ0n) is 15.6. The third-order valence-corrected chi connectivity index (χ3v) is 4.99. The molecule has 2 aromatic rings. The Bertz CT molecular complexity index is 931. The highest BCUT2D eigenvalue weighted by Gasteiger charge is 2.36. The number of benzene rings is 1. The summed E-state index contributed by atoms with van der Waals surface area (Å²) in [6.07, 6.45) is 2.97. The summed E-state index contributed by atoms with van der Waals surface area (Å²) in [6, 6.07) is 6.28. The Kier molecular flexibility index (Phi) is 4.98. The standard InChI is InChI=1S/C21H21FN2O4/c1-2-9-27-20-12-14(5-7-23-20)28-19-6-8-24(21(19)26)13-10-16-15(17(22)11-13)3-4-18(16)25/h5,7,10-12,19H,2-4,6,8-9H2,1H3/t19-/m1/s1. The van der Waals surface area contributed by atoms with Gasteiger partial charge in [-0.2, -0.15) is 0 Å². The number of anilines is 1. The molecule has 1 saturated heterocycles. The van der Waals surface area contributed by atoms with Crippen LogP contribution in [0.4, 0.5) is 10.1 Å². The summed E-state index contributed by atoms with van der Waals surface area (Å²) in [4.78, 5) is 30.4. The van der Waals surface area contributed by atoms with E-state index in [1.807, 2.05) is 6.92 Å². The van der Waals surface area contributed by atoms with Crippen molar-refractivity contribution in [2.45, 2.75) is 38.7 Å². The van der Waals surface area contributed by atoms with Crippen LogP contribution in [0, 0.1) is 5.82 Å². The highest BCUT2D eigenvalue weighted by molar-refractivity contribution is 6.04. The lowest BCUT2D eigenvalue weighted by Gasteiger charge is -2.18. The number of ether oxygens (including phenoxy) is 2. The molecule has 1 amide bonds. The third kappa shape index (κ3) is 3.44. The summed E-state index contributed by atoms with van der Waals surface area (Å²) in [6.45, 7) is 2.96. The fourth-order valence-corrected chi connectivity index (χ4v) is 3.59. The number of aromatic nitrogens is 1. The van der Waals surface area contributed by atoms with Crippen LogP contribution in [0.5, 0.6) is 11.6 Å². The first-order chi connectivity index (χ1) is 13.6. The van der Waals surface area contributed by atoms with E-state index < -0.39 is 11.9 Å². The summed E-state index contributed by atoms with van der Waals surface area (Å²) in [7, 11) is 0. The number of pyridine rings is 1. The molecule has 0 bridgehead atoms. The molecule has 1 atom stereocenters. The Morgan fingerprint density at radius 1 is 1.25 bits per heavy atom. The molecule has 28 heavy (non-hydrogen) atoms. The summed E-state index contributed by atoms with van der Waals surface area (Å²) >= 11 is 0. The molecule has 1 fully saturated rings. The van der Waals surface area contributed by atoms with Crippen LogP contribution in [0.15, 0.2) is 30.5 Å². The molecular weight excluding hydrogens is 363 g/mol. The molecule has 0 N–H and O–H groups in total. The van der Waals surface area contributed by atoms with Gasteiger partial charge in [-0.15, -0.1) is 0 Å². The van der Waals surface area contributed by atoms with Gasteiger partial charge in [-0.25, -0.2) is 9.37 Å². The van der Waals surface area contributed by atoms with Gasteiger partial charge in [0.1, 0.15) is 11.6 Å². The fraction of sp³-hybridized carbons (Fsp3) is 0.381. The van der Waals surface area contributed by atoms with Gasteiger partial charge in [0.25, 0.3) is 5.91 Å². The van der Waals surface area contributed by atoms with Gasteiger partial charge in [0, 0.05) is 42.9 Å². The normalized spacial score (nSPS) is 18.5. The minimum Gasteiger partial charge on any atom is -0.480 e. The van der Waals surface area contributed by atoms with E-state index in [-0.39, 0.29) is 11.7 Å². The van der Waals surface area contributed by atoms with Crippen LogP contribution in [0.2, 0.25) is 0 Å². The van der Waals surface area contributed by atoms with Crippen LogP contribution in [-0.4, -0.2) is 35.9 Å². The van der Waals surface area contributed by atoms with Gasteiger partial charge in [-0.05, 0) is 36.6 Å². The molecule has 7 heteroatoms. The molecule has 1 aromatic carbocycles. The van der Waals surface area contributed by atoms with Crippen molar-refractivity contribution in [3.05, 3.63) is 47.4 Å². The number of halogens is 1. The Morgan fingerprint density at radius 3 is 2.93 bits per heavy atom. The molecule has 2 aliphatic rings. The van der Waals surface area contributed by atoms with Crippen molar-refractivity contribution < 1.29 is 23.5 Å². The van der Waals surface area contributed by atoms with E-state index in [9.17, 15) is 14.0 Å². The Balaban J connectivity index is 1.49. The first-order valence-electron chi connectivity index (χ1n) is 9.49. The van der Waals surface area contributed by atoms with Gasteiger partial charge in [0.15, 0.2) is 11.9 Å². The first-order valence-corrected chi connectivity index (χ1v) is 9.49. The number of Topliss-reactive ketones (excluding diaryl/α,β-unsaturated/α-hetero) is 1. The molecule has 6 nitrogen and oxygen atoms in total. The number of amides is 1. The molecule has 4 rings (SSSR count). The minimum absolute atomic E-state index is 0.0772. The highest BCUT2D eigenvalue weighted by Crippen LogP contribution is 2.32. The van der Waals surface area contributed by atoms with Crippen molar-refractivity contribution in [2.75, 3.05) is 18.1 Å². The van der Waals surface area contributed by atoms with Gasteiger partial charge < -0.3 is 14.4 Å². The second-order valence-electron chi connectivity index (χ2n) is 6.94. The van der Waals surface area contributed by atoms with E-state index in [1.165, 1.54) is 11.0 Å². The summed E-state index contributed by atoms with van der Waals surface area (Å²) in [5.41, 5.74) is 1.24. The molecule has 1 aliphatic carbocycles. The van der Waals surface area contributed by atoms with Crippen molar-refractivity contribution in [3.63, 3.8) is 0 Å². The Morgan fingerprint density at radius 2 is 2.11 bits per heavy atom. The minimum atomic E-state index is -0.673. The van der Waals surface area contributed by atoms with E-state index >= 15 is 0 Å². The van der Waals surface area contributed by atoms with Crippen LogP contribution in [0.3, 0.4) is 0 Å². The Labute approximate surface area is 162 Å². The SMILES string of the molecule is CCCOc1cc(O[C@@H]2CCN(c3cc(F)c4c(c3)C(=O)CC4)C2=O)ccn1. The van der Waals surface area contributed by atoms with Crippen LogP contribution in [-0.2, 0) is 11.2 Å². The van der Waals surface area contributed by atoms with Crippen molar-refractivity contribution >= 4 is 17.4 Å². The molecule has 1 aliphatic heterocycles. The fourth-order valence-electron chi connectivity index (χ4n) is 3.59. The summed E-state index contributed by atoms with van der Waals surface area (Å²) < 4.78 is 25.7. The maximum Gasteiger partial charge on any atom is 0.268 e. The number of carbonyl (C=O) groups is 2. The van der Waals surface area contributed by atoms with E-state index in [0.29, 0.717) is 60.9 Å². The topological polar surface area (TPSA) is 68.7 Å². The molecular formula is C21H21FN2O4. The van der Waals surface area contributed by atoms with E-state index in [0.717, 1.165) is 6.42 Å². The van der Waals surface area contributed by atoms with Gasteiger partial charge in [0.05, 0.1) is 6.61 Å². The number of nitrogens with zero attached hydrogens (tertiary/aromatic N) is 2. The lowest BCUT2D eigenvalue weighted by Crippen LogP contribution is -2.32. The van der Waals surface area contributed by atoms with Gasteiger partial charge in [0.2, 0.25) is 5.88 Å². The van der Waals surface area contributed by atoms with Crippen molar-refractivity contribution in [1.82, 2.24) is 4.98 Å². The van der Waals surface area contributed by atoms with Gasteiger partial charge >= 0.3 is 0 Å². The largest absolute Gasteiger partial charge is 0.480 e. The summed E-state index contributed by atoms with van der Waals surface area (Å²) in [5.74, 6) is 0.184. The number of carbonyl (C=O) groups excluding carboxylic acids is 2. The maximum atomic E-state index is 14.4. The molecule has 0 unspecified atom stereocenters. The smallest absolute Gasteiger partial charge is 0.268 e. The molecule has 1 aromatic heterocycles. The molecule has 0 radical (unpaired) electrons. The van der Waals surface area contributed by atoms with Gasteiger partial charge in [-0.3, -0.25) is 9.59 Å². The molecule has 0 spiro atoms. The number of fused-ring (bicyclic) bond motifs is 1. The quantitative estimate of drug-likeness (QED) is 0.764. The number of hydrogen-bond donors (Lipinski definition) is 0. The van der Waals surface area contributed by atoms with Gasteiger partial charge in [-0.1, -0.05) is 6.92 Å². The van der Waals surface area contributed by atoms with Crippen molar-refractivity contribution in [1.29, 1.82) is 0 Å². The average molecular weight is 384 g/mol. The van der Waals surface area contributed by atoms with E-state index in [1.54, 1.807) is 24.4 Å². The molecule has 2 heterocycles. The van der Waals surface area contributed by atoms with Crippen LogP contribution in [0.1, 0.15) is 42.1 Å². The second kappa shape index (κ2) is 7.58. The lowest BCUT2D eigenvalue weighted by atomic mass is 10.1. The van der Waals surface area contributed by atoms with E-state index in [2.05, 4.69) is 4.98 Å². The predicted octanol–water partition coefficient (Wildman–Crippen LogP) is 3.32. The van der Waals surface area contributed by atoms with E-state index in [4.69, 9.17) is 9.47 Å². The zero-order chi connectivity index (χ0) is 19.7. The first kappa shape index (κ1) is 18.4. The monoisotopic (exact) mass is 384 g/mol. The highest BCUT2D eigenvalue weighted by atomic mass is 19.1. The third-order valence-electron chi connectivity index (χ3n) is 4.99. The predicted molar refractivity (Wildman–Crippen MR) is 100 cm³/mol. The maximum absolute atomic E-state index is 14.4. The second-order valence-corrected chi connectivity index (χ2v) is 6.94. The van der Waals surface area contributed by atoms with Crippen molar-refractivity contribution in [3.8, 4) is 11.6 Å². The zero-order valence-corrected chi connectivity index (χ0v) is 15.6. The Hall–Kier alpha value is -2.96.